The standard InChI is InChI=1S/C16H26O3/c1-3-5-7-9-13(10-8-6-4-2)15-11-14(17)12-16(18)19-15/h11-13,17H,3-10H2,1-2H3. The Balaban J connectivity index is 2.72. The molecule has 0 aliphatic carbocycles. The Bertz CT molecular complexity index is 399. The maximum atomic E-state index is 11.3. The van der Waals surface area contributed by atoms with Gasteiger partial charge in [0, 0.05) is 12.0 Å². The summed E-state index contributed by atoms with van der Waals surface area (Å²) in [6.45, 7) is 4.36. The van der Waals surface area contributed by atoms with E-state index in [0.29, 0.717) is 5.76 Å². The normalized spacial score (nSPS) is 11.1. The van der Waals surface area contributed by atoms with Crippen LogP contribution in [-0.2, 0) is 0 Å². The average molecular weight is 266 g/mol. The minimum absolute atomic E-state index is 0.0160. The first kappa shape index (κ1) is 15.8. The quantitative estimate of drug-likeness (QED) is 0.665. The summed E-state index contributed by atoms with van der Waals surface area (Å²) in [4.78, 5) is 11.3. The van der Waals surface area contributed by atoms with Crippen molar-refractivity contribution in [3.63, 3.8) is 0 Å². The van der Waals surface area contributed by atoms with Gasteiger partial charge in [0.25, 0.3) is 0 Å². The van der Waals surface area contributed by atoms with Crippen LogP contribution in [0.15, 0.2) is 21.3 Å². The molecule has 3 heteroatoms. The molecule has 1 aromatic rings. The summed E-state index contributed by atoms with van der Waals surface area (Å²) in [5, 5.41) is 9.53. The molecule has 0 bridgehead atoms. The maximum absolute atomic E-state index is 11.3. The van der Waals surface area contributed by atoms with E-state index in [-0.39, 0.29) is 11.7 Å². The largest absolute Gasteiger partial charge is 0.508 e. The number of rotatable bonds is 9. The van der Waals surface area contributed by atoms with Crippen molar-refractivity contribution in [3.05, 3.63) is 28.3 Å². The minimum Gasteiger partial charge on any atom is -0.508 e. The van der Waals surface area contributed by atoms with Gasteiger partial charge in [-0.05, 0) is 12.8 Å². The topological polar surface area (TPSA) is 50.4 Å². The first-order chi connectivity index (χ1) is 9.17. The maximum Gasteiger partial charge on any atom is 0.339 e. The lowest BCUT2D eigenvalue weighted by Crippen LogP contribution is -2.05. The van der Waals surface area contributed by atoms with Crippen LogP contribution >= 0.6 is 0 Å². The Morgan fingerprint density at radius 3 is 2.11 bits per heavy atom. The molecule has 3 nitrogen and oxygen atoms in total. The van der Waals surface area contributed by atoms with Crippen LogP contribution in [0.2, 0.25) is 0 Å². The van der Waals surface area contributed by atoms with E-state index in [1.54, 1.807) is 6.07 Å². The van der Waals surface area contributed by atoms with E-state index in [0.717, 1.165) is 31.7 Å². The molecule has 0 aliphatic heterocycles. The van der Waals surface area contributed by atoms with Crippen LogP contribution in [0.4, 0.5) is 0 Å². The van der Waals surface area contributed by atoms with Gasteiger partial charge in [-0.15, -0.1) is 0 Å². The molecular weight excluding hydrogens is 240 g/mol. The second-order valence-corrected chi connectivity index (χ2v) is 5.23. The zero-order chi connectivity index (χ0) is 14.1. The molecule has 108 valence electrons. The molecule has 1 N–H and O–H groups in total. The summed E-state index contributed by atoms with van der Waals surface area (Å²) in [6.07, 6.45) is 9.13. The van der Waals surface area contributed by atoms with Gasteiger partial charge in [-0.1, -0.05) is 52.4 Å². The van der Waals surface area contributed by atoms with Gasteiger partial charge in [0.2, 0.25) is 0 Å². The van der Waals surface area contributed by atoms with Crippen LogP contribution in [0.3, 0.4) is 0 Å². The second kappa shape index (κ2) is 8.78. The van der Waals surface area contributed by atoms with Crippen molar-refractivity contribution in [2.24, 2.45) is 0 Å². The Morgan fingerprint density at radius 1 is 1.05 bits per heavy atom. The molecule has 0 unspecified atom stereocenters. The van der Waals surface area contributed by atoms with Crippen LogP contribution in [0, 0.1) is 0 Å². The third kappa shape index (κ3) is 5.95. The van der Waals surface area contributed by atoms with Crippen LogP contribution < -0.4 is 5.63 Å². The fourth-order valence-electron chi connectivity index (χ4n) is 2.39. The van der Waals surface area contributed by atoms with Crippen molar-refractivity contribution in [2.75, 3.05) is 0 Å². The lowest BCUT2D eigenvalue weighted by molar-refractivity contribution is 0.370. The highest BCUT2D eigenvalue weighted by Gasteiger charge is 2.15. The van der Waals surface area contributed by atoms with Gasteiger partial charge in [0.05, 0.1) is 6.07 Å². The summed E-state index contributed by atoms with van der Waals surface area (Å²) < 4.78 is 5.27. The lowest BCUT2D eigenvalue weighted by atomic mass is 9.92. The summed E-state index contributed by atoms with van der Waals surface area (Å²) >= 11 is 0. The van der Waals surface area contributed by atoms with Crippen molar-refractivity contribution >= 4 is 0 Å². The SMILES string of the molecule is CCCCCC(CCCCC)c1cc(O)cc(=O)o1. The van der Waals surface area contributed by atoms with E-state index < -0.39 is 5.63 Å². The van der Waals surface area contributed by atoms with E-state index in [4.69, 9.17) is 4.42 Å². The molecule has 1 heterocycles. The van der Waals surface area contributed by atoms with Crippen molar-refractivity contribution < 1.29 is 9.52 Å². The highest BCUT2D eigenvalue weighted by atomic mass is 16.4. The molecule has 0 aromatic carbocycles. The zero-order valence-corrected chi connectivity index (χ0v) is 12.2. The van der Waals surface area contributed by atoms with Gasteiger partial charge < -0.3 is 9.52 Å². The Morgan fingerprint density at radius 2 is 1.63 bits per heavy atom. The molecule has 0 aliphatic rings. The van der Waals surface area contributed by atoms with Gasteiger partial charge in [0.15, 0.2) is 0 Å². The molecule has 0 radical (unpaired) electrons. The Kier molecular flexibility index (Phi) is 7.31. The molecule has 19 heavy (non-hydrogen) atoms. The van der Waals surface area contributed by atoms with E-state index in [1.807, 2.05) is 0 Å². The summed E-state index contributed by atoms with van der Waals surface area (Å²) in [7, 11) is 0. The number of hydrogen-bond acceptors (Lipinski definition) is 3. The van der Waals surface area contributed by atoms with E-state index in [9.17, 15) is 9.90 Å². The van der Waals surface area contributed by atoms with Crippen molar-refractivity contribution in [3.8, 4) is 5.75 Å². The second-order valence-electron chi connectivity index (χ2n) is 5.23. The van der Waals surface area contributed by atoms with E-state index in [2.05, 4.69) is 13.8 Å². The number of hydrogen-bond donors (Lipinski definition) is 1. The predicted octanol–water partition coefficient (Wildman–Crippen LogP) is 4.59. The first-order valence-corrected chi connectivity index (χ1v) is 7.51. The third-order valence-electron chi connectivity index (χ3n) is 3.49. The smallest absolute Gasteiger partial charge is 0.339 e. The average Bonchev–Trinajstić information content (AvgIpc) is 2.36. The van der Waals surface area contributed by atoms with E-state index >= 15 is 0 Å². The zero-order valence-electron chi connectivity index (χ0n) is 12.2. The molecule has 0 saturated heterocycles. The van der Waals surface area contributed by atoms with Gasteiger partial charge in [-0.3, -0.25) is 0 Å². The lowest BCUT2D eigenvalue weighted by Gasteiger charge is -2.15. The van der Waals surface area contributed by atoms with Crippen LogP contribution in [-0.4, -0.2) is 5.11 Å². The molecule has 0 amide bonds. The van der Waals surface area contributed by atoms with Gasteiger partial charge >= 0.3 is 5.63 Å². The monoisotopic (exact) mass is 266 g/mol. The minimum atomic E-state index is -0.453. The molecule has 0 atom stereocenters. The predicted molar refractivity (Wildman–Crippen MR) is 77.7 cm³/mol. The van der Waals surface area contributed by atoms with Crippen molar-refractivity contribution in [2.45, 2.75) is 71.1 Å². The summed E-state index contributed by atoms with van der Waals surface area (Å²) in [5.74, 6) is 0.928. The highest BCUT2D eigenvalue weighted by molar-refractivity contribution is 5.20. The molecule has 0 spiro atoms. The molecule has 1 rings (SSSR count). The van der Waals surface area contributed by atoms with Crippen molar-refractivity contribution in [1.82, 2.24) is 0 Å². The Labute approximate surface area is 115 Å². The number of aromatic hydroxyl groups is 1. The first-order valence-electron chi connectivity index (χ1n) is 7.51. The fraction of sp³-hybridized carbons (Fsp3) is 0.688. The van der Waals surface area contributed by atoms with E-state index in [1.165, 1.54) is 25.7 Å². The van der Waals surface area contributed by atoms with Gasteiger partial charge in [-0.25, -0.2) is 4.79 Å². The molecule has 0 saturated carbocycles. The molecular formula is C16H26O3. The van der Waals surface area contributed by atoms with Gasteiger partial charge in [-0.2, -0.15) is 0 Å². The van der Waals surface area contributed by atoms with Crippen LogP contribution in [0.25, 0.3) is 0 Å². The highest BCUT2D eigenvalue weighted by Crippen LogP contribution is 2.29. The molecule has 1 aromatic heterocycles. The van der Waals surface area contributed by atoms with Crippen LogP contribution in [0.1, 0.15) is 76.9 Å². The fourth-order valence-corrected chi connectivity index (χ4v) is 2.39. The van der Waals surface area contributed by atoms with Gasteiger partial charge in [0.1, 0.15) is 11.5 Å². The van der Waals surface area contributed by atoms with Crippen LogP contribution in [0.5, 0.6) is 5.75 Å². The summed E-state index contributed by atoms with van der Waals surface area (Å²) in [5.41, 5.74) is -0.453. The molecule has 0 fully saturated rings. The number of unbranched alkanes of at least 4 members (excludes halogenated alkanes) is 4. The Hall–Kier alpha value is -1.25. The van der Waals surface area contributed by atoms with Crippen molar-refractivity contribution in [1.29, 1.82) is 0 Å². The summed E-state index contributed by atoms with van der Waals surface area (Å²) in [6, 6.07) is 2.72. The third-order valence-corrected chi connectivity index (χ3v) is 3.49.